The number of ether oxygens (including phenoxy) is 1. The van der Waals surface area contributed by atoms with Crippen molar-refractivity contribution in [2.24, 2.45) is 0 Å². The minimum absolute atomic E-state index is 0.691. The molecule has 2 aromatic carbocycles. The van der Waals surface area contributed by atoms with Crippen molar-refractivity contribution >= 4 is 33.2 Å². The molecule has 0 saturated carbocycles. The summed E-state index contributed by atoms with van der Waals surface area (Å²) in [5.74, 6) is 0.903. The van der Waals surface area contributed by atoms with Gasteiger partial charge in [0, 0.05) is 16.7 Å². The van der Waals surface area contributed by atoms with Gasteiger partial charge in [-0.3, -0.25) is 0 Å². The van der Waals surface area contributed by atoms with Crippen molar-refractivity contribution in [3.05, 3.63) is 57.5 Å². The second kappa shape index (κ2) is 6.83. The fourth-order valence-corrected chi connectivity index (χ4v) is 2.18. The first kappa shape index (κ1) is 14.2. The van der Waals surface area contributed by atoms with E-state index in [4.69, 9.17) is 16.3 Å². The lowest BCUT2D eigenvalue weighted by atomic mass is 10.2. The van der Waals surface area contributed by atoms with Crippen molar-refractivity contribution in [1.29, 1.82) is 0 Å². The number of hydrogen-bond acceptors (Lipinski definition) is 2. The van der Waals surface area contributed by atoms with Crippen LogP contribution in [0.3, 0.4) is 0 Å². The lowest BCUT2D eigenvalue weighted by Crippen LogP contribution is -1.99. The van der Waals surface area contributed by atoms with Crippen molar-refractivity contribution in [2.45, 2.75) is 13.5 Å². The Labute approximate surface area is 126 Å². The van der Waals surface area contributed by atoms with E-state index in [1.807, 2.05) is 37.3 Å². The molecule has 0 radical (unpaired) electrons. The molecule has 0 aliphatic rings. The molecule has 1 N–H and O–H groups in total. The van der Waals surface area contributed by atoms with Crippen LogP contribution >= 0.6 is 27.5 Å². The van der Waals surface area contributed by atoms with Crippen LogP contribution in [0.5, 0.6) is 5.75 Å². The third-order valence-electron chi connectivity index (χ3n) is 2.65. The molecule has 0 atom stereocenters. The van der Waals surface area contributed by atoms with Crippen molar-refractivity contribution in [3.8, 4) is 5.75 Å². The Morgan fingerprint density at radius 3 is 2.53 bits per heavy atom. The zero-order chi connectivity index (χ0) is 13.7. The van der Waals surface area contributed by atoms with Gasteiger partial charge >= 0.3 is 0 Å². The van der Waals surface area contributed by atoms with Gasteiger partial charge in [0.1, 0.15) is 5.75 Å². The maximum Gasteiger partial charge on any atom is 0.119 e. The minimum Gasteiger partial charge on any atom is -0.494 e. The van der Waals surface area contributed by atoms with E-state index in [1.54, 1.807) is 0 Å². The molecule has 0 heterocycles. The summed E-state index contributed by atoms with van der Waals surface area (Å²) in [5, 5.41) is 4.07. The molecule has 0 aromatic heterocycles. The van der Waals surface area contributed by atoms with Crippen molar-refractivity contribution in [2.75, 3.05) is 11.9 Å². The second-order valence-electron chi connectivity index (χ2n) is 4.06. The molecule has 19 heavy (non-hydrogen) atoms. The number of halogens is 2. The zero-order valence-electron chi connectivity index (χ0n) is 10.6. The molecule has 0 saturated heterocycles. The highest BCUT2D eigenvalue weighted by Crippen LogP contribution is 2.25. The Morgan fingerprint density at radius 1 is 1.16 bits per heavy atom. The van der Waals surface area contributed by atoms with E-state index in [2.05, 4.69) is 33.4 Å². The van der Waals surface area contributed by atoms with E-state index in [-0.39, 0.29) is 0 Å². The average molecular weight is 341 g/mol. The molecule has 2 rings (SSSR count). The first-order valence-electron chi connectivity index (χ1n) is 6.09. The van der Waals surface area contributed by atoms with E-state index in [0.717, 1.165) is 22.5 Å². The summed E-state index contributed by atoms with van der Waals surface area (Å²) in [6.45, 7) is 3.44. The topological polar surface area (TPSA) is 21.3 Å². The minimum atomic E-state index is 0.691. The molecule has 2 aromatic rings. The molecule has 0 unspecified atom stereocenters. The maximum atomic E-state index is 5.96. The van der Waals surface area contributed by atoms with Crippen LogP contribution in [0.15, 0.2) is 46.9 Å². The molecule has 0 aliphatic heterocycles. The third kappa shape index (κ3) is 4.15. The van der Waals surface area contributed by atoms with E-state index in [9.17, 15) is 0 Å². The van der Waals surface area contributed by atoms with Crippen LogP contribution in [0.4, 0.5) is 5.69 Å². The molecule has 4 heteroatoms. The summed E-state index contributed by atoms with van der Waals surface area (Å²) >= 11 is 9.37. The Hall–Kier alpha value is -1.19. The molecule has 0 amide bonds. The number of anilines is 1. The van der Waals surface area contributed by atoms with Gasteiger partial charge in [-0.25, -0.2) is 0 Å². The highest BCUT2D eigenvalue weighted by atomic mass is 79.9. The number of rotatable bonds is 5. The predicted octanol–water partition coefficient (Wildman–Crippen LogP) is 5.11. The van der Waals surface area contributed by atoms with Crippen LogP contribution in [0.25, 0.3) is 0 Å². The van der Waals surface area contributed by atoms with Crippen molar-refractivity contribution in [3.63, 3.8) is 0 Å². The summed E-state index contributed by atoms with van der Waals surface area (Å²) in [6, 6.07) is 13.9. The van der Waals surface area contributed by atoms with Crippen LogP contribution in [-0.2, 0) is 6.54 Å². The van der Waals surface area contributed by atoms with Gasteiger partial charge in [0.25, 0.3) is 0 Å². The Bertz CT molecular complexity index is 542. The molecule has 2 nitrogen and oxygen atoms in total. The molecule has 0 spiro atoms. The van der Waals surface area contributed by atoms with Crippen LogP contribution in [-0.4, -0.2) is 6.61 Å². The average Bonchev–Trinajstić information content (AvgIpc) is 2.42. The van der Waals surface area contributed by atoms with Crippen molar-refractivity contribution < 1.29 is 4.74 Å². The smallest absolute Gasteiger partial charge is 0.119 e. The Morgan fingerprint density at radius 2 is 1.89 bits per heavy atom. The molecule has 0 aliphatic carbocycles. The van der Waals surface area contributed by atoms with Crippen LogP contribution in [0.1, 0.15) is 12.5 Å². The maximum absolute atomic E-state index is 5.96. The highest BCUT2D eigenvalue weighted by Gasteiger charge is 1.99. The SMILES string of the molecule is CCOc1ccc(CNc2ccc(Cl)c(Br)c2)cc1. The fraction of sp³-hybridized carbons (Fsp3) is 0.200. The summed E-state index contributed by atoms with van der Waals surface area (Å²) < 4.78 is 6.31. The number of nitrogens with one attached hydrogen (secondary N) is 1. The summed E-state index contributed by atoms with van der Waals surface area (Å²) in [5.41, 5.74) is 2.24. The Balaban J connectivity index is 1.96. The molecule has 0 bridgehead atoms. The van der Waals surface area contributed by atoms with Crippen LogP contribution in [0.2, 0.25) is 5.02 Å². The molecule has 0 fully saturated rings. The standard InChI is InChI=1S/C15H15BrClNO/c1-2-19-13-6-3-11(4-7-13)10-18-12-5-8-15(17)14(16)9-12/h3-9,18H,2,10H2,1H3. The van der Waals surface area contributed by atoms with Crippen LogP contribution < -0.4 is 10.1 Å². The first-order valence-corrected chi connectivity index (χ1v) is 7.27. The van der Waals surface area contributed by atoms with Gasteiger partial charge < -0.3 is 10.1 Å². The van der Waals surface area contributed by atoms with Crippen molar-refractivity contribution in [1.82, 2.24) is 0 Å². The van der Waals surface area contributed by atoms with Gasteiger partial charge in [-0.1, -0.05) is 23.7 Å². The Kier molecular flexibility index (Phi) is 5.11. The molecule has 100 valence electrons. The van der Waals surface area contributed by atoms with Gasteiger partial charge in [-0.15, -0.1) is 0 Å². The monoisotopic (exact) mass is 339 g/mol. The summed E-state index contributed by atoms with van der Waals surface area (Å²) in [4.78, 5) is 0. The third-order valence-corrected chi connectivity index (χ3v) is 3.86. The van der Waals surface area contributed by atoms with Gasteiger partial charge in [0.05, 0.1) is 11.6 Å². The van der Waals surface area contributed by atoms with Gasteiger partial charge in [0.2, 0.25) is 0 Å². The summed E-state index contributed by atoms with van der Waals surface area (Å²) in [7, 11) is 0. The number of hydrogen-bond donors (Lipinski definition) is 1. The number of benzene rings is 2. The van der Waals surface area contributed by atoms with Gasteiger partial charge in [-0.05, 0) is 58.7 Å². The fourth-order valence-electron chi connectivity index (χ4n) is 1.68. The summed E-state index contributed by atoms with van der Waals surface area (Å²) in [6.07, 6.45) is 0. The zero-order valence-corrected chi connectivity index (χ0v) is 13.0. The highest BCUT2D eigenvalue weighted by molar-refractivity contribution is 9.10. The van der Waals surface area contributed by atoms with Crippen LogP contribution in [0, 0.1) is 0 Å². The lowest BCUT2D eigenvalue weighted by molar-refractivity contribution is 0.340. The largest absolute Gasteiger partial charge is 0.494 e. The first-order chi connectivity index (χ1) is 9.19. The molecular weight excluding hydrogens is 326 g/mol. The second-order valence-corrected chi connectivity index (χ2v) is 5.32. The predicted molar refractivity (Wildman–Crippen MR) is 84.1 cm³/mol. The van der Waals surface area contributed by atoms with E-state index in [0.29, 0.717) is 11.6 Å². The van der Waals surface area contributed by atoms with E-state index in [1.165, 1.54) is 5.56 Å². The van der Waals surface area contributed by atoms with Gasteiger partial charge in [-0.2, -0.15) is 0 Å². The molecular formula is C15H15BrClNO. The van der Waals surface area contributed by atoms with E-state index >= 15 is 0 Å². The van der Waals surface area contributed by atoms with E-state index < -0.39 is 0 Å². The van der Waals surface area contributed by atoms with Gasteiger partial charge in [0.15, 0.2) is 0 Å². The quantitative estimate of drug-likeness (QED) is 0.816. The lowest BCUT2D eigenvalue weighted by Gasteiger charge is -2.09. The normalized spacial score (nSPS) is 10.3.